The van der Waals surface area contributed by atoms with Crippen LogP contribution in [0.1, 0.15) is 28.5 Å². The van der Waals surface area contributed by atoms with Crippen LogP contribution in [-0.4, -0.2) is 32.5 Å². The summed E-state index contributed by atoms with van der Waals surface area (Å²) in [5.74, 6) is -0.341. The molecule has 0 radical (unpaired) electrons. The van der Waals surface area contributed by atoms with Crippen molar-refractivity contribution >= 4 is 15.9 Å². The summed E-state index contributed by atoms with van der Waals surface area (Å²) in [7, 11) is -0.623. The van der Waals surface area contributed by atoms with Gasteiger partial charge in [-0.05, 0) is 31.2 Å². The van der Waals surface area contributed by atoms with Crippen molar-refractivity contribution in [2.45, 2.75) is 25.0 Å². The maximum atomic E-state index is 12.4. The molecular formula is C17H23N3O4S. The van der Waals surface area contributed by atoms with E-state index in [1.165, 1.54) is 23.9 Å². The summed E-state index contributed by atoms with van der Waals surface area (Å²) in [5.41, 5.74) is 2.24. The molecule has 7 nitrogen and oxygen atoms in total. The Balaban J connectivity index is 2.11. The first-order valence-electron chi connectivity index (χ1n) is 7.91. The number of hydrogen-bond donors (Lipinski definition) is 2. The summed E-state index contributed by atoms with van der Waals surface area (Å²) in [6, 6.07) is 9.06. The quantitative estimate of drug-likeness (QED) is 0.740. The topological polar surface area (TPSA) is 89.4 Å². The van der Waals surface area contributed by atoms with E-state index >= 15 is 0 Å². The van der Waals surface area contributed by atoms with Gasteiger partial charge in [-0.3, -0.25) is 4.79 Å². The Hall–Kier alpha value is -2.16. The molecule has 8 heteroatoms. The van der Waals surface area contributed by atoms with Crippen molar-refractivity contribution in [3.8, 4) is 0 Å². The first-order valence-corrected chi connectivity index (χ1v) is 9.40. The highest BCUT2D eigenvalue weighted by Crippen LogP contribution is 2.14. The molecule has 0 aliphatic heterocycles. The van der Waals surface area contributed by atoms with Crippen LogP contribution in [0.3, 0.4) is 0 Å². The van der Waals surface area contributed by atoms with Crippen LogP contribution in [0.15, 0.2) is 41.4 Å². The fourth-order valence-electron chi connectivity index (χ4n) is 2.37. The number of sulfonamides is 1. The highest BCUT2D eigenvalue weighted by molar-refractivity contribution is 7.89. The van der Waals surface area contributed by atoms with E-state index in [0.29, 0.717) is 19.8 Å². The van der Waals surface area contributed by atoms with Gasteiger partial charge in [0.1, 0.15) is 10.6 Å². The molecule has 0 bridgehead atoms. The van der Waals surface area contributed by atoms with Crippen LogP contribution in [0.4, 0.5) is 0 Å². The number of rotatable bonds is 8. The average Bonchev–Trinajstić information content (AvgIpc) is 3.01. The zero-order valence-electron chi connectivity index (χ0n) is 14.6. The Bertz CT molecular complexity index is 843. The Morgan fingerprint density at radius 3 is 2.56 bits per heavy atom. The van der Waals surface area contributed by atoms with Crippen molar-refractivity contribution in [2.75, 3.05) is 13.7 Å². The van der Waals surface area contributed by atoms with Crippen LogP contribution < -0.4 is 10.0 Å². The van der Waals surface area contributed by atoms with Gasteiger partial charge in [-0.15, -0.1) is 0 Å². The molecule has 136 valence electrons. The molecule has 25 heavy (non-hydrogen) atoms. The molecule has 2 rings (SSSR count). The number of carbonyl (C=O) groups is 1. The van der Waals surface area contributed by atoms with Gasteiger partial charge in [-0.1, -0.05) is 24.3 Å². The largest absolute Gasteiger partial charge is 0.377 e. The zero-order chi connectivity index (χ0) is 18.4. The molecule has 1 amide bonds. The molecule has 0 aliphatic carbocycles. The number of nitrogens with one attached hydrogen (secondary N) is 2. The molecule has 2 aromatic rings. The number of amides is 1. The van der Waals surface area contributed by atoms with Gasteiger partial charge in [0.05, 0.1) is 6.61 Å². The summed E-state index contributed by atoms with van der Waals surface area (Å²) in [5, 5.41) is 2.83. The number of nitrogens with zero attached hydrogens (tertiary/aromatic N) is 1. The van der Waals surface area contributed by atoms with E-state index in [1.54, 1.807) is 7.05 Å². The number of ether oxygens (including phenoxy) is 1. The maximum Gasteiger partial charge on any atom is 0.268 e. The van der Waals surface area contributed by atoms with E-state index in [9.17, 15) is 13.2 Å². The second kappa shape index (κ2) is 8.28. The van der Waals surface area contributed by atoms with Crippen LogP contribution >= 0.6 is 0 Å². The lowest BCUT2D eigenvalue weighted by molar-refractivity contribution is 0.0941. The van der Waals surface area contributed by atoms with Crippen LogP contribution in [0.2, 0.25) is 0 Å². The number of hydrogen-bond acceptors (Lipinski definition) is 4. The van der Waals surface area contributed by atoms with Gasteiger partial charge >= 0.3 is 0 Å². The Morgan fingerprint density at radius 1 is 1.24 bits per heavy atom. The van der Waals surface area contributed by atoms with Crippen molar-refractivity contribution in [3.05, 3.63) is 53.3 Å². The first kappa shape index (κ1) is 19.2. The smallest absolute Gasteiger partial charge is 0.268 e. The van der Waals surface area contributed by atoms with Crippen LogP contribution in [0, 0.1) is 0 Å². The molecule has 0 aliphatic rings. The van der Waals surface area contributed by atoms with Crippen molar-refractivity contribution < 1.29 is 17.9 Å². The summed E-state index contributed by atoms with van der Waals surface area (Å²) >= 11 is 0. The van der Waals surface area contributed by atoms with Gasteiger partial charge in [-0.25, -0.2) is 13.1 Å². The molecule has 1 aromatic heterocycles. The molecular weight excluding hydrogens is 342 g/mol. The second-order valence-electron chi connectivity index (χ2n) is 5.47. The molecule has 1 heterocycles. The summed E-state index contributed by atoms with van der Waals surface area (Å²) in [6.07, 6.45) is 1.41. The molecule has 0 saturated heterocycles. The third-order valence-electron chi connectivity index (χ3n) is 3.81. The minimum atomic E-state index is -3.58. The molecule has 0 unspecified atom stereocenters. The van der Waals surface area contributed by atoms with Gasteiger partial charge in [-0.2, -0.15) is 0 Å². The molecule has 0 saturated carbocycles. The van der Waals surface area contributed by atoms with E-state index in [4.69, 9.17) is 4.74 Å². The lowest BCUT2D eigenvalue weighted by atomic mass is 10.1. The van der Waals surface area contributed by atoms with E-state index in [1.807, 2.05) is 31.2 Å². The van der Waals surface area contributed by atoms with Gasteiger partial charge in [0.25, 0.3) is 5.91 Å². The lowest BCUT2D eigenvalue weighted by Gasteiger charge is -2.11. The predicted molar refractivity (Wildman–Crippen MR) is 94.6 cm³/mol. The van der Waals surface area contributed by atoms with Crippen LogP contribution in [-0.2, 0) is 35.0 Å². The van der Waals surface area contributed by atoms with Crippen molar-refractivity contribution in [1.82, 2.24) is 14.6 Å². The minimum Gasteiger partial charge on any atom is -0.377 e. The number of aromatic nitrogens is 1. The molecule has 0 fully saturated rings. The first-order chi connectivity index (χ1) is 11.9. The molecule has 0 spiro atoms. The van der Waals surface area contributed by atoms with Crippen molar-refractivity contribution in [3.63, 3.8) is 0 Å². The molecule has 1 aromatic carbocycles. The monoisotopic (exact) mass is 365 g/mol. The van der Waals surface area contributed by atoms with Gasteiger partial charge < -0.3 is 14.6 Å². The fraction of sp³-hybridized carbons (Fsp3) is 0.353. The minimum absolute atomic E-state index is 0.0550. The SMILES string of the molecule is CCOCc1ccccc1CNC(=O)c1cc(S(=O)(=O)NC)cn1C. The number of carbonyl (C=O) groups excluding carboxylic acids is 1. The van der Waals surface area contributed by atoms with E-state index < -0.39 is 10.0 Å². The van der Waals surface area contributed by atoms with E-state index in [2.05, 4.69) is 10.0 Å². The van der Waals surface area contributed by atoms with Gasteiger partial charge in [0, 0.05) is 26.4 Å². The van der Waals surface area contributed by atoms with Crippen LogP contribution in [0.25, 0.3) is 0 Å². The van der Waals surface area contributed by atoms with Gasteiger partial charge in [0.15, 0.2) is 0 Å². The highest BCUT2D eigenvalue weighted by atomic mass is 32.2. The van der Waals surface area contributed by atoms with E-state index in [0.717, 1.165) is 11.1 Å². The molecule has 0 atom stereocenters. The lowest BCUT2D eigenvalue weighted by Crippen LogP contribution is -2.25. The third-order valence-corrected chi connectivity index (χ3v) is 5.19. The normalized spacial score (nSPS) is 11.5. The van der Waals surface area contributed by atoms with Gasteiger partial charge in [0.2, 0.25) is 10.0 Å². The summed E-state index contributed by atoms with van der Waals surface area (Å²) < 4.78 is 32.8. The standard InChI is InChI=1S/C17H23N3O4S/c1-4-24-12-14-8-6-5-7-13(14)10-19-17(21)16-9-15(11-20(16)3)25(22,23)18-2/h5-9,11,18H,4,10,12H2,1-3H3,(H,19,21). The highest BCUT2D eigenvalue weighted by Gasteiger charge is 2.19. The Kier molecular flexibility index (Phi) is 6.35. The number of benzene rings is 1. The second-order valence-corrected chi connectivity index (χ2v) is 7.35. The average molecular weight is 365 g/mol. The Labute approximate surface area is 148 Å². The van der Waals surface area contributed by atoms with E-state index in [-0.39, 0.29) is 16.5 Å². The third kappa shape index (κ3) is 4.68. The molecule has 2 N–H and O–H groups in total. The van der Waals surface area contributed by atoms with Crippen molar-refractivity contribution in [1.29, 1.82) is 0 Å². The fourth-order valence-corrected chi connectivity index (χ4v) is 3.17. The summed E-state index contributed by atoms with van der Waals surface area (Å²) in [4.78, 5) is 12.5. The summed E-state index contributed by atoms with van der Waals surface area (Å²) in [6.45, 7) is 3.36. The van der Waals surface area contributed by atoms with Crippen LogP contribution in [0.5, 0.6) is 0 Å². The number of aryl methyl sites for hydroxylation is 1. The predicted octanol–water partition coefficient (Wildman–Crippen LogP) is 1.40. The van der Waals surface area contributed by atoms with Crippen molar-refractivity contribution in [2.24, 2.45) is 7.05 Å². The Morgan fingerprint density at radius 2 is 1.92 bits per heavy atom. The zero-order valence-corrected chi connectivity index (χ0v) is 15.4. The maximum absolute atomic E-state index is 12.4.